The van der Waals surface area contributed by atoms with Gasteiger partial charge in [-0.25, -0.2) is 13.2 Å². The van der Waals surface area contributed by atoms with Crippen LogP contribution in [-0.2, 0) is 11.3 Å². The lowest BCUT2D eigenvalue weighted by Crippen LogP contribution is -2.66. The Kier molecular flexibility index (Phi) is 5.23. The lowest BCUT2D eigenvalue weighted by Gasteiger charge is -2.55. The first-order chi connectivity index (χ1) is 16.2. The molecular formula is C23H20F3N3O5. The Morgan fingerprint density at radius 1 is 1.21 bits per heavy atom. The van der Waals surface area contributed by atoms with E-state index in [9.17, 15) is 32.7 Å². The molecule has 3 aliphatic rings. The summed E-state index contributed by atoms with van der Waals surface area (Å²) in [5, 5.41) is 12.9. The number of pyridine rings is 1. The first-order valence-electron chi connectivity index (χ1n) is 10.7. The maximum absolute atomic E-state index is 13.9. The van der Waals surface area contributed by atoms with E-state index in [1.807, 2.05) is 12.2 Å². The van der Waals surface area contributed by atoms with Crippen LogP contribution >= 0.6 is 0 Å². The van der Waals surface area contributed by atoms with E-state index in [-0.39, 0.29) is 18.3 Å². The molecule has 1 spiro atoms. The van der Waals surface area contributed by atoms with Crippen molar-refractivity contribution in [3.8, 4) is 5.75 Å². The summed E-state index contributed by atoms with van der Waals surface area (Å²) >= 11 is 0. The number of rotatable bonds is 3. The number of nitrogens with zero attached hydrogens (tertiary/aromatic N) is 2. The van der Waals surface area contributed by atoms with Gasteiger partial charge in [-0.2, -0.15) is 0 Å². The number of hydrogen-bond donors (Lipinski definition) is 2. The van der Waals surface area contributed by atoms with Crippen molar-refractivity contribution in [2.24, 2.45) is 0 Å². The summed E-state index contributed by atoms with van der Waals surface area (Å²) in [4.78, 5) is 40.5. The van der Waals surface area contributed by atoms with Gasteiger partial charge in [0.25, 0.3) is 11.8 Å². The maximum Gasteiger partial charge on any atom is 0.275 e. The van der Waals surface area contributed by atoms with Gasteiger partial charge in [0.05, 0.1) is 18.2 Å². The van der Waals surface area contributed by atoms with E-state index in [1.54, 1.807) is 4.90 Å². The molecule has 2 N–H and O–H groups in total. The lowest BCUT2D eigenvalue weighted by molar-refractivity contribution is -0.0774. The van der Waals surface area contributed by atoms with Crippen LogP contribution in [0.1, 0.15) is 45.3 Å². The van der Waals surface area contributed by atoms with Crippen molar-refractivity contribution in [3.05, 3.63) is 75.0 Å². The van der Waals surface area contributed by atoms with Crippen LogP contribution in [0.15, 0.2) is 35.3 Å². The van der Waals surface area contributed by atoms with Gasteiger partial charge in [-0.15, -0.1) is 0 Å². The molecule has 1 unspecified atom stereocenters. The Bertz CT molecular complexity index is 1280. The molecular weight excluding hydrogens is 455 g/mol. The van der Waals surface area contributed by atoms with Gasteiger partial charge in [-0.05, 0) is 12.8 Å². The number of hydrogen-bond acceptors (Lipinski definition) is 5. The Morgan fingerprint density at radius 2 is 1.94 bits per heavy atom. The van der Waals surface area contributed by atoms with Gasteiger partial charge in [0.15, 0.2) is 11.4 Å². The highest BCUT2D eigenvalue weighted by Crippen LogP contribution is 2.46. The van der Waals surface area contributed by atoms with E-state index in [0.29, 0.717) is 38.1 Å². The molecule has 1 aromatic carbocycles. The molecule has 4 heterocycles. The van der Waals surface area contributed by atoms with Crippen LogP contribution in [-0.4, -0.2) is 51.7 Å². The number of aromatic hydroxyl groups is 1. The fourth-order valence-corrected chi connectivity index (χ4v) is 5.08. The predicted molar refractivity (Wildman–Crippen MR) is 112 cm³/mol. The van der Waals surface area contributed by atoms with Crippen molar-refractivity contribution in [2.45, 2.75) is 31.0 Å². The molecule has 0 radical (unpaired) electrons. The number of carbonyl (C=O) groups excluding carboxylic acids is 2. The number of fused-ring (bicyclic) bond motifs is 2. The van der Waals surface area contributed by atoms with Gasteiger partial charge in [0.1, 0.15) is 23.0 Å². The van der Waals surface area contributed by atoms with Gasteiger partial charge in [-0.1, -0.05) is 12.2 Å². The average molecular weight is 475 g/mol. The number of ether oxygens (including phenoxy) is 1. The second-order valence-electron chi connectivity index (χ2n) is 8.56. The quantitative estimate of drug-likeness (QED) is 0.662. The maximum atomic E-state index is 13.9. The highest BCUT2D eigenvalue weighted by atomic mass is 19.1. The van der Waals surface area contributed by atoms with Crippen molar-refractivity contribution in [1.82, 2.24) is 14.8 Å². The highest BCUT2D eigenvalue weighted by Gasteiger charge is 2.54. The fourth-order valence-electron chi connectivity index (χ4n) is 5.08. The van der Waals surface area contributed by atoms with Crippen molar-refractivity contribution in [2.75, 3.05) is 19.8 Å². The SMILES string of the molecule is O=C(NCc1c(F)cc(F)cc1F)c1cn2c(c(O)c1=O)C(=O)N1CC=CC[C@]13COCCC23. The zero-order valence-corrected chi connectivity index (χ0v) is 17.8. The molecule has 1 fully saturated rings. The first kappa shape index (κ1) is 22.2. The fraction of sp³-hybridized carbons (Fsp3) is 0.348. The van der Waals surface area contributed by atoms with Gasteiger partial charge in [0, 0.05) is 43.6 Å². The summed E-state index contributed by atoms with van der Waals surface area (Å²) in [5.74, 6) is -5.91. The molecule has 11 heteroatoms. The molecule has 3 aliphatic heterocycles. The second kappa shape index (κ2) is 8.01. The lowest BCUT2D eigenvalue weighted by atomic mass is 9.77. The minimum atomic E-state index is -1.19. The molecule has 8 nitrogen and oxygen atoms in total. The molecule has 2 aromatic rings. The van der Waals surface area contributed by atoms with E-state index in [2.05, 4.69) is 5.32 Å². The number of benzene rings is 1. The summed E-state index contributed by atoms with van der Waals surface area (Å²) in [6.07, 6.45) is 5.95. The Morgan fingerprint density at radius 3 is 2.68 bits per heavy atom. The number of nitrogens with one attached hydrogen (secondary N) is 1. The summed E-state index contributed by atoms with van der Waals surface area (Å²) in [7, 11) is 0. The van der Waals surface area contributed by atoms with Crippen molar-refractivity contribution in [3.63, 3.8) is 0 Å². The van der Waals surface area contributed by atoms with E-state index in [1.165, 1.54) is 10.8 Å². The molecule has 2 atom stereocenters. The van der Waals surface area contributed by atoms with Gasteiger partial charge in [0.2, 0.25) is 5.43 Å². The minimum Gasteiger partial charge on any atom is -0.503 e. The monoisotopic (exact) mass is 475 g/mol. The zero-order valence-electron chi connectivity index (χ0n) is 17.8. The van der Waals surface area contributed by atoms with Crippen LogP contribution in [0.3, 0.4) is 0 Å². The summed E-state index contributed by atoms with van der Waals surface area (Å²) in [6.45, 7) is 0.278. The number of carbonyl (C=O) groups is 2. The van der Waals surface area contributed by atoms with Crippen molar-refractivity contribution < 1.29 is 32.6 Å². The minimum absolute atomic E-state index is 0.213. The molecule has 0 bridgehead atoms. The third kappa shape index (κ3) is 3.22. The van der Waals surface area contributed by atoms with Crippen LogP contribution in [0.4, 0.5) is 13.2 Å². The van der Waals surface area contributed by atoms with Crippen molar-refractivity contribution >= 4 is 11.8 Å². The molecule has 0 saturated carbocycles. The molecule has 2 amide bonds. The summed E-state index contributed by atoms with van der Waals surface area (Å²) in [6, 6.07) is 0.583. The summed E-state index contributed by atoms with van der Waals surface area (Å²) < 4.78 is 48.1. The molecule has 1 aromatic heterocycles. The van der Waals surface area contributed by atoms with E-state index in [0.717, 1.165) is 0 Å². The number of halogens is 3. The van der Waals surface area contributed by atoms with E-state index >= 15 is 0 Å². The van der Waals surface area contributed by atoms with Crippen LogP contribution in [0.2, 0.25) is 0 Å². The third-order valence-electron chi connectivity index (χ3n) is 6.74. The smallest absolute Gasteiger partial charge is 0.275 e. The van der Waals surface area contributed by atoms with Gasteiger partial charge in [-0.3, -0.25) is 14.4 Å². The van der Waals surface area contributed by atoms with Gasteiger partial charge < -0.3 is 24.6 Å². The van der Waals surface area contributed by atoms with Crippen LogP contribution in [0.25, 0.3) is 0 Å². The number of amides is 2. The van der Waals surface area contributed by atoms with Crippen LogP contribution < -0.4 is 10.7 Å². The summed E-state index contributed by atoms with van der Waals surface area (Å²) in [5.41, 5.74) is -3.09. The molecule has 34 heavy (non-hydrogen) atoms. The highest BCUT2D eigenvalue weighted by molar-refractivity contribution is 5.99. The average Bonchev–Trinajstić information content (AvgIpc) is 2.80. The zero-order chi connectivity index (χ0) is 24.2. The Balaban J connectivity index is 1.53. The molecule has 178 valence electrons. The topological polar surface area (TPSA) is 101 Å². The normalized spacial score (nSPS) is 23.2. The molecule has 0 aliphatic carbocycles. The molecule has 1 saturated heterocycles. The third-order valence-corrected chi connectivity index (χ3v) is 6.74. The van der Waals surface area contributed by atoms with Crippen LogP contribution in [0.5, 0.6) is 5.75 Å². The molecule has 5 rings (SSSR count). The largest absolute Gasteiger partial charge is 0.503 e. The van der Waals surface area contributed by atoms with E-state index < -0.39 is 63.7 Å². The first-order valence-corrected chi connectivity index (χ1v) is 10.7. The standard InChI is InChI=1S/C23H20F3N3O5/c24-12-7-15(25)13(16(26)8-12)9-27-21(32)14-10-28-17-3-6-34-11-23(17)4-1-2-5-29(23)22(33)18(28)20(31)19(14)30/h1-2,7-8,10,17,31H,3-6,9,11H2,(H,27,32)/t17?,23-/m1/s1. The second-order valence-corrected chi connectivity index (χ2v) is 8.56. The predicted octanol–water partition coefficient (Wildman–Crippen LogP) is 2.02. The van der Waals surface area contributed by atoms with Gasteiger partial charge >= 0.3 is 0 Å². The van der Waals surface area contributed by atoms with Crippen molar-refractivity contribution in [1.29, 1.82) is 0 Å². The van der Waals surface area contributed by atoms with Crippen LogP contribution in [0, 0.1) is 17.5 Å². The van der Waals surface area contributed by atoms with E-state index in [4.69, 9.17) is 4.74 Å². The Hall–Kier alpha value is -3.60. The Labute approximate surface area is 191 Å². The number of aromatic nitrogens is 1.